The van der Waals surface area contributed by atoms with Crippen molar-refractivity contribution in [1.82, 2.24) is 14.8 Å². The van der Waals surface area contributed by atoms with E-state index in [4.69, 9.17) is 10.5 Å². The van der Waals surface area contributed by atoms with Gasteiger partial charge in [0.05, 0.1) is 5.60 Å². The highest BCUT2D eigenvalue weighted by Gasteiger charge is 2.31. The quantitative estimate of drug-likeness (QED) is 0.828. The van der Waals surface area contributed by atoms with Crippen LogP contribution in [0.5, 0.6) is 0 Å². The Hall–Kier alpha value is -0.940. The summed E-state index contributed by atoms with van der Waals surface area (Å²) in [4.78, 5) is 4.15. The molecule has 0 aliphatic heterocycles. The molecule has 90 valence electrons. The molecule has 0 atom stereocenters. The maximum absolute atomic E-state index is 6.00. The average Bonchev–Trinajstić information content (AvgIpc) is 2.74. The Bertz CT molecular complexity index is 330. The van der Waals surface area contributed by atoms with Crippen LogP contribution in [0.25, 0.3) is 0 Å². The molecule has 1 heterocycles. The zero-order valence-electron chi connectivity index (χ0n) is 9.85. The molecule has 0 spiro atoms. The highest BCUT2D eigenvalue weighted by molar-refractivity contribution is 4.88. The first kappa shape index (κ1) is 11.5. The Balaban J connectivity index is 1.94. The first-order valence-electron chi connectivity index (χ1n) is 5.93. The number of nitrogens with zero attached hydrogens (tertiary/aromatic N) is 3. The van der Waals surface area contributed by atoms with Crippen LogP contribution in [0.4, 0.5) is 0 Å². The van der Waals surface area contributed by atoms with Gasteiger partial charge in [0.2, 0.25) is 0 Å². The van der Waals surface area contributed by atoms with Gasteiger partial charge >= 0.3 is 0 Å². The largest absolute Gasteiger partial charge is 0.366 e. The first-order chi connectivity index (χ1) is 7.76. The van der Waals surface area contributed by atoms with E-state index in [1.54, 1.807) is 11.0 Å². The van der Waals surface area contributed by atoms with Crippen LogP contribution in [-0.4, -0.2) is 26.9 Å². The number of aryl methyl sites for hydroxylation is 1. The number of nitrogens with two attached hydrogens (primary N) is 1. The van der Waals surface area contributed by atoms with Crippen LogP contribution >= 0.6 is 0 Å². The van der Waals surface area contributed by atoms with Crippen LogP contribution in [0.15, 0.2) is 6.33 Å². The summed E-state index contributed by atoms with van der Waals surface area (Å²) < 4.78 is 7.74. The van der Waals surface area contributed by atoms with Crippen molar-refractivity contribution >= 4 is 0 Å². The molecule has 0 bridgehead atoms. The monoisotopic (exact) mass is 224 g/mol. The fourth-order valence-electron chi connectivity index (χ4n) is 2.27. The van der Waals surface area contributed by atoms with E-state index in [2.05, 4.69) is 10.1 Å². The molecular weight excluding hydrogens is 204 g/mol. The normalized spacial score (nSPS) is 19.9. The van der Waals surface area contributed by atoms with Gasteiger partial charge in [0.25, 0.3) is 0 Å². The highest BCUT2D eigenvalue weighted by atomic mass is 16.5. The van der Waals surface area contributed by atoms with E-state index in [9.17, 15) is 0 Å². The molecule has 1 aromatic rings. The Morgan fingerprint density at radius 3 is 2.75 bits per heavy atom. The van der Waals surface area contributed by atoms with Gasteiger partial charge in [-0.25, -0.2) is 4.98 Å². The molecule has 16 heavy (non-hydrogen) atoms. The number of ether oxygens (including phenoxy) is 1. The van der Waals surface area contributed by atoms with Crippen LogP contribution in [-0.2, 0) is 18.4 Å². The minimum absolute atomic E-state index is 0.121. The fraction of sp³-hybridized carbons (Fsp3) is 0.818. The Labute approximate surface area is 96.0 Å². The summed E-state index contributed by atoms with van der Waals surface area (Å²) >= 11 is 0. The molecule has 2 rings (SSSR count). The van der Waals surface area contributed by atoms with E-state index in [0.29, 0.717) is 13.2 Å². The van der Waals surface area contributed by atoms with Gasteiger partial charge in [-0.3, -0.25) is 4.68 Å². The lowest BCUT2D eigenvalue weighted by Gasteiger charge is -2.35. The van der Waals surface area contributed by atoms with E-state index in [-0.39, 0.29) is 5.60 Å². The predicted octanol–water partition coefficient (Wildman–Crippen LogP) is 0.993. The van der Waals surface area contributed by atoms with Gasteiger partial charge in [-0.1, -0.05) is 19.3 Å². The van der Waals surface area contributed by atoms with Crippen LogP contribution in [0.3, 0.4) is 0 Å². The minimum Gasteiger partial charge on any atom is -0.366 e. The number of hydrogen-bond acceptors (Lipinski definition) is 4. The molecule has 5 heteroatoms. The topological polar surface area (TPSA) is 66.0 Å². The fourth-order valence-corrected chi connectivity index (χ4v) is 2.27. The van der Waals surface area contributed by atoms with E-state index in [1.165, 1.54) is 19.3 Å². The van der Waals surface area contributed by atoms with Crippen molar-refractivity contribution in [2.45, 2.75) is 44.3 Å². The van der Waals surface area contributed by atoms with Crippen molar-refractivity contribution in [3.05, 3.63) is 12.2 Å². The summed E-state index contributed by atoms with van der Waals surface area (Å²) in [6, 6.07) is 0. The van der Waals surface area contributed by atoms with Gasteiger partial charge in [0, 0.05) is 13.6 Å². The van der Waals surface area contributed by atoms with Crippen molar-refractivity contribution in [2.75, 3.05) is 6.54 Å². The van der Waals surface area contributed by atoms with Gasteiger partial charge < -0.3 is 10.5 Å². The van der Waals surface area contributed by atoms with E-state index in [1.807, 2.05) is 7.05 Å². The second kappa shape index (κ2) is 4.93. The molecule has 0 unspecified atom stereocenters. The molecular formula is C11H20N4O. The van der Waals surface area contributed by atoms with Crippen molar-refractivity contribution < 1.29 is 4.74 Å². The SMILES string of the molecule is Cn1ncnc1COC1(CN)CCCCC1. The van der Waals surface area contributed by atoms with Crippen molar-refractivity contribution in [3.63, 3.8) is 0 Å². The van der Waals surface area contributed by atoms with Crippen molar-refractivity contribution in [2.24, 2.45) is 12.8 Å². The molecule has 1 aliphatic carbocycles. The highest BCUT2D eigenvalue weighted by Crippen LogP contribution is 2.31. The second-order valence-corrected chi connectivity index (χ2v) is 4.54. The standard InChI is InChI=1S/C11H20N4O/c1-15-10(13-9-14-15)7-16-11(8-12)5-3-2-4-6-11/h9H,2-8,12H2,1H3. The lowest BCUT2D eigenvalue weighted by Crippen LogP contribution is -2.42. The summed E-state index contributed by atoms with van der Waals surface area (Å²) in [5, 5.41) is 4.02. The third kappa shape index (κ3) is 2.41. The summed E-state index contributed by atoms with van der Waals surface area (Å²) in [5.74, 6) is 0.860. The van der Waals surface area contributed by atoms with Crippen LogP contribution in [0, 0.1) is 0 Å². The number of hydrogen-bond donors (Lipinski definition) is 1. The van der Waals surface area contributed by atoms with Crippen molar-refractivity contribution in [1.29, 1.82) is 0 Å². The molecule has 0 aromatic carbocycles. The summed E-state index contributed by atoms with van der Waals surface area (Å²) in [7, 11) is 1.88. The average molecular weight is 224 g/mol. The third-order valence-corrected chi connectivity index (χ3v) is 3.45. The summed E-state index contributed by atoms with van der Waals surface area (Å²) in [6.45, 7) is 1.11. The molecule has 1 saturated carbocycles. The lowest BCUT2D eigenvalue weighted by molar-refractivity contribution is -0.0764. The molecule has 2 N–H and O–H groups in total. The predicted molar refractivity (Wildman–Crippen MR) is 60.7 cm³/mol. The molecule has 0 radical (unpaired) electrons. The summed E-state index contributed by atoms with van der Waals surface area (Å²) in [5.41, 5.74) is 5.73. The van der Waals surface area contributed by atoms with Gasteiger partial charge in [-0.2, -0.15) is 5.10 Å². The Kier molecular flexibility index (Phi) is 3.56. The number of aromatic nitrogens is 3. The smallest absolute Gasteiger partial charge is 0.152 e. The maximum Gasteiger partial charge on any atom is 0.152 e. The zero-order chi connectivity index (χ0) is 11.4. The second-order valence-electron chi connectivity index (χ2n) is 4.54. The van der Waals surface area contributed by atoms with Crippen LogP contribution in [0.2, 0.25) is 0 Å². The lowest BCUT2D eigenvalue weighted by atomic mass is 9.85. The molecule has 1 aromatic heterocycles. The Morgan fingerprint density at radius 1 is 1.44 bits per heavy atom. The number of rotatable bonds is 4. The molecule has 5 nitrogen and oxygen atoms in total. The first-order valence-corrected chi connectivity index (χ1v) is 5.93. The van der Waals surface area contributed by atoms with E-state index in [0.717, 1.165) is 18.7 Å². The van der Waals surface area contributed by atoms with E-state index >= 15 is 0 Å². The third-order valence-electron chi connectivity index (χ3n) is 3.45. The van der Waals surface area contributed by atoms with Crippen LogP contribution in [0.1, 0.15) is 37.9 Å². The maximum atomic E-state index is 6.00. The Morgan fingerprint density at radius 2 is 2.19 bits per heavy atom. The summed E-state index contributed by atoms with van der Waals surface area (Å²) in [6.07, 6.45) is 7.43. The molecule has 0 amide bonds. The van der Waals surface area contributed by atoms with Gasteiger partial charge in [0.15, 0.2) is 5.82 Å². The van der Waals surface area contributed by atoms with Gasteiger partial charge in [-0.15, -0.1) is 0 Å². The molecule has 1 fully saturated rings. The molecule has 0 saturated heterocycles. The minimum atomic E-state index is -0.121. The van der Waals surface area contributed by atoms with Crippen LogP contribution < -0.4 is 5.73 Å². The molecule has 1 aliphatic rings. The van der Waals surface area contributed by atoms with Crippen molar-refractivity contribution in [3.8, 4) is 0 Å². The zero-order valence-corrected chi connectivity index (χ0v) is 9.85. The van der Waals surface area contributed by atoms with Gasteiger partial charge in [-0.05, 0) is 12.8 Å². The van der Waals surface area contributed by atoms with E-state index < -0.39 is 0 Å². The van der Waals surface area contributed by atoms with Gasteiger partial charge in [0.1, 0.15) is 12.9 Å².